The normalized spacial score (nSPS) is 12.2. The monoisotopic (exact) mass is 869 g/mol. The Bertz CT molecular complexity index is 3850. The van der Waals surface area contributed by atoms with Crippen molar-refractivity contribution in [1.29, 1.82) is 0 Å². The first kappa shape index (κ1) is 39.4. The third-order valence-corrected chi connectivity index (χ3v) is 13.5. The molecule has 1 aliphatic carbocycles. The smallest absolute Gasteiger partial charge is 0.164 e. The number of aryl methyl sites for hydroxylation is 1. The van der Waals surface area contributed by atoms with Crippen molar-refractivity contribution in [2.75, 3.05) is 0 Å². The lowest BCUT2D eigenvalue weighted by atomic mass is 9.94. The number of nitrogens with zero attached hydrogens (tertiary/aromatic N) is 5. The SMILES string of the molecule is C1=Cc2c(c3ccccc3n2-c2c(-c3ccccc3)cccc2-c2cccc(-c3nc(-c4ccccc4)nc(-c4ccc(-n5c6ccccc6c6ccccc65)c(-c5ccccc5)c4)n3)c2)CC1. The molecule has 9 aromatic carbocycles. The zero-order valence-electron chi connectivity index (χ0n) is 37.2. The van der Waals surface area contributed by atoms with E-state index in [1.807, 2.05) is 18.2 Å². The molecule has 68 heavy (non-hydrogen) atoms. The van der Waals surface area contributed by atoms with Crippen LogP contribution in [0.3, 0.4) is 0 Å². The number of rotatable bonds is 8. The van der Waals surface area contributed by atoms with E-state index in [1.54, 1.807) is 0 Å². The standard InChI is InChI=1S/C63H43N5/c1-4-20-42(21-5-1)48-32-19-33-49(60(48)68-57-36-16-12-30-52(57)53-31-13-17-37-58(53)68)45-26-18-27-46(40-45)62-64-61(44-24-8-3-9-25-44)65-63(66-62)47-38-39-59(54(41-47)43-22-6-2-7-23-43)67-55-34-14-10-28-50(55)51-29-11-15-35-56(51)67/h1-12,14-30,32-41H,13,31H2. The molecule has 5 heteroatoms. The average molecular weight is 870 g/mol. The molecule has 5 nitrogen and oxygen atoms in total. The van der Waals surface area contributed by atoms with Gasteiger partial charge in [0.15, 0.2) is 17.5 Å². The van der Waals surface area contributed by atoms with Gasteiger partial charge in [-0.05, 0) is 83.6 Å². The second-order valence-electron chi connectivity index (χ2n) is 17.4. The van der Waals surface area contributed by atoms with Gasteiger partial charge in [0.2, 0.25) is 0 Å². The van der Waals surface area contributed by atoms with Gasteiger partial charge in [0, 0.05) is 55.2 Å². The van der Waals surface area contributed by atoms with Crippen LogP contribution in [0.4, 0.5) is 0 Å². The van der Waals surface area contributed by atoms with Crippen LogP contribution in [0, 0.1) is 0 Å². The summed E-state index contributed by atoms with van der Waals surface area (Å²) < 4.78 is 4.88. The maximum Gasteiger partial charge on any atom is 0.164 e. The topological polar surface area (TPSA) is 48.5 Å². The van der Waals surface area contributed by atoms with Crippen molar-refractivity contribution in [1.82, 2.24) is 24.1 Å². The summed E-state index contributed by atoms with van der Waals surface area (Å²) in [4.78, 5) is 15.8. The van der Waals surface area contributed by atoms with E-state index in [2.05, 4.69) is 228 Å². The van der Waals surface area contributed by atoms with E-state index in [1.165, 1.54) is 44.1 Å². The summed E-state index contributed by atoms with van der Waals surface area (Å²) in [6.07, 6.45) is 6.68. The van der Waals surface area contributed by atoms with Gasteiger partial charge in [0.1, 0.15) is 0 Å². The molecule has 0 N–H and O–H groups in total. The highest BCUT2D eigenvalue weighted by Crippen LogP contribution is 2.43. The fourth-order valence-electron chi connectivity index (χ4n) is 10.4. The van der Waals surface area contributed by atoms with Crippen molar-refractivity contribution in [3.63, 3.8) is 0 Å². The molecule has 13 rings (SSSR count). The number of para-hydroxylation sites is 4. The van der Waals surface area contributed by atoms with Crippen LogP contribution in [0.15, 0.2) is 231 Å². The van der Waals surface area contributed by atoms with Crippen molar-refractivity contribution in [3.8, 4) is 78.9 Å². The fourth-order valence-corrected chi connectivity index (χ4v) is 10.4. The molecule has 0 saturated heterocycles. The molecule has 0 aliphatic heterocycles. The third kappa shape index (κ3) is 6.67. The van der Waals surface area contributed by atoms with Crippen LogP contribution in [0.5, 0.6) is 0 Å². The third-order valence-electron chi connectivity index (χ3n) is 13.5. The molecule has 1 aliphatic rings. The lowest BCUT2D eigenvalue weighted by molar-refractivity contribution is 0.968. The Morgan fingerprint density at radius 3 is 1.46 bits per heavy atom. The Labute approximate surface area is 394 Å². The summed E-state index contributed by atoms with van der Waals surface area (Å²) >= 11 is 0. The van der Waals surface area contributed by atoms with E-state index in [0.717, 1.165) is 74.2 Å². The van der Waals surface area contributed by atoms with Gasteiger partial charge in [-0.15, -0.1) is 0 Å². The van der Waals surface area contributed by atoms with E-state index in [0.29, 0.717) is 17.5 Å². The Balaban J connectivity index is 1.01. The molecule has 0 atom stereocenters. The maximum absolute atomic E-state index is 5.35. The van der Waals surface area contributed by atoms with Crippen LogP contribution in [0.1, 0.15) is 17.7 Å². The van der Waals surface area contributed by atoms with Gasteiger partial charge in [-0.3, -0.25) is 0 Å². The molecular weight excluding hydrogens is 827 g/mol. The zero-order valence-corrected chi connectivity index (χ0v) is 37.2. The van der Waals surface area contributed by atoms with Gasteiger partial charge < -0.3 is 9.13 Å². The number of benzene rings is 9. The quantitative estimate of drug-likeness (QED) is 0.153. The molecule has 0 radical (unpaired) electrons. The van der Waals surface area contributed by atoms with Crippen molar-refractivity contribution >= 4 is 38.8 Å². The van der Waals surface area contributed by atoms with E-state index in [-0.39, 0.29) is 0 Å². The molecule has 0 amide bonds. The van der Waals surface area contributed by atoms with Crippen LogP contribution in [-0.4, -0.2) is 24.1 Å². The molecule has 3 heterocycles. The summed E-state index contributed by atoms with van der Waals surface area (Å²) in [7, 11) is 0. The van der Waals surface area contributed by atoms with Gasteiger partial charge in [0.05, 0.1) is 27.9 Å². The first-order valence-corrected chi connectivity index (χ1v) is 23.3. The largest absolute Gasteiger partial charge is 0.309 e. The number of hydrogen-bond donors (Lipinski definition) is 0. The highest BCUT2D eigenvalue weighted by atomic mass is 15.0. The molecule has 0 spiro atoms. The van der Waals surface area contributed by atoms with Crippen LogP contribution >= 0.6 is 0 Å². The Kier molecular flexibility index (Phi) is 9.57. The summed E-state index contributed by atoms with van der Waals surface area (Å²) in [5.74, 6) is 1.83. The second kappa shape index (κ2) is 16.5. The van der Waals surface area contributed by atoms with Crippen molar-refractivity contribution in [2.24, 2.45) is 0 Å². The van der Waals surface area contributed by atoms with Gasteiger partial charge in [0.25, 0.3) is 0 Å². The molecule has 3 aromatic heterocycles. The van der Waals surface area contributed by atoms with Gasteiger partial charge in [-0.1, -0.05) is 188 Å². The van der Waals surface area contributed by atoms with E-state index in [9.17, 15) is 0 Å². The summed E-state index contributed by atoms with van der Waals surface area (Å²) in [6.45, 7) is 0. The zero-order chi connectivity index (χ0) is 45.0. The molecule has 0 fully saturated rings. The van der Waals surface area contributed by atoms with Crippen LogP contribution in [-0.2, 0) is 6.42 Å². The highest BCUT2D eigenvalue weighted by Gasteiger charge is 2.24. The predicted molar refractivity (Wildman–Crippen MR) is 281 cm³/mol. The minimum Gasteiger partial charge on any atom is -0.309 e. The minimum atomic E-state index is 0.606. The molecule has 0 unspecified atom stereocenters. The minimum absolute atomic E-state index is 0.606. The molecule has 0 saturated carbocycles. The lowest BCUT2D eigenvalue weighted by Gasteiger charge is -2.21. The van der Waals surface area contributed by atoms with Crippen molar-refractivity contribution in [3.05, 3.63) is 242 Å². The number of hydrogen-bond acceptors (Lipinski definition) is 3. The van der Waals surface area contributed by atoms with Crippen molar-refractivity contribution < 1.29 is 0 Å². The summed E-state index contributed by atoms with van der Waals surface area (Å²) in [6, 6.07) is 79.8. The number of allylic oxidation sites excluding steroid dienone is 1. The van der Waals surface area contributed by atoms with Gasteiger partial charge in [-0.25, -0.2) is 15.0 Å². The Morgan fingerprint density at radius 1 is 0.338 bits per heavy atom. The summed E-state index contributed by atoms with van der Waals surface area (Å²) in [5.41, 5.74) is 17.9. The van der Waals surface area contributed by atoms with Crippen LogP contribution < -0.4 is 0 Å². The lowest BCUT2D eigenvalue weighted by Crippen LogP contribution is -2.05. The first-order chi connectivity index (χ1) is 33.7. The molecule has 0 bridgehead atoms. The van der Waals surface area contributed by atoms with Crippen LogP contribution in [0.2, 0.25) is 0 Å². The van der Waals surface area contributed by atoms with E-state index in [4.69, 9.17) is 15.0 Å². The summed E-state index contributed by atoms with van der Waals surface area (Å²) in [5, 5.41) is 3.75. The van der Waals surface area contributed by atoms with Crippen LogP contribution in [0.25, 0.3) is 118 Å². The maximum atomic E-state index is 5.35. The van der Waals surface area contributed by atoms with Gasteiger partial charge in [-0.2, -0.15) is 0 Å². The van der Waals surface area contributed by atoms with Crippen molar-refractivity contribution in [2.45, 2.75) is 12.8 Å². The number of aromatic nitrogens is 5. The van der Waals surface area contributed by atoms with E-state index >= 15 is 0 Å². The highest BCUT2D eigenvalue weighted by molar-refractivity contribution is 6.10. The number of fused-ring (bicyclic) bond motifs is 6. The molecule has 320 valence electrons. The predicted octanol–water partition coefficient (Wildman–Crippen LogP) is 15.9. The Hall–Kier alpha value is -8.93. The average Bonchev–Trinajstić information content (AvgIpc) is 3.94. The molecular formula is C63H43N5. The van der Waals surface area contributed by atoms with Gasteiger partial charge >= 0.3 is 0 Å². The second-order valence-corrected chi connectivity index (χ2v) is 17.4. The Morgan fingerprint density at radius 2 is 0.809 bits per heavy atom. The fraction of sp³-hybridized carbons (Fsp3) is 0.0317. The van der Waals surface area contributed by atoms with E-state index < -0.39 is 0 Å². The first-order valence-electron chi connectivity index (χ1n) is 23.3. The molecule has 12 aromatic rings.